The molecule has 1 aliphatic rings. The molecule has 0 saturated carbocycles. The van der Waals surface area contributed by atoms with Crippen LogP contribution >= 0.6 is 0 Å². The summed E-state index contributed by atoms with van der Waals surface area (Å²) >= 11 is 0. The monoisotopic (exact) mass is 307 g/mol. The Morgan fingerprint density at radius 2 is 2.00 bits per heavy atom. The lowest BCUT2D eigenvalue weighted by Crippen LogP contribution is -2.40. The van der Waals surface area contributed by atoms with E-state index < -0.39 is 4.92 Å². The van der Waals surface area contributed by atoms with Gasteiger partial charge in [0, 0.05) is 38.1 Å². The van der Waals surface area contributed by atoms with Gasteiger partial charge in [-0.3, -0.25) is 19.7 Å². The maximum absolute atomic E-state index is 12.2. The lowest BCUT2D eigenvalue weighted by Gasteiger charge is -2.30. The second kappa shape index (κ2) is 6.42. The molecule has 0 spiro atoms. The van der Waals surface area contributed by atoms with Gasteiger partial charge in [-0.1, -0.05) is 0 Å². The second-order valence-corrected chi connectivity index (χ2v) is 5.23. The summed E-state index contributed by atoms with van der Waals surface area (Å²) in [4.78, 5) is 35.2. The number of non-ortho nitro benzene ring substituents is 1. The van der Waals surface area contributed by atoms with E-state index in [-0.39, 0.29) is 34.9 Å². The van der Waals surface area contributed by atoms with E-state index in [0.717, 1.165) is 12.1 Å². The van der Waals surface area contributed by atoms with E-state index in [2.05, 4.69) is 5.32 Å². The molecule has 1 aliphatic heterocycles. The third kappa shape index (κ3) is 3.51. The molecule has 0 atom stereocenters. The maximum atomic E-state index is 12.2. The van der Waals surface area contributed by atoms with Gasteiger partial charge in [0.1, 0.15) is 5.75 Å². The van der Waals surface area contributed by atoms with Crippen molar-refractivity contribution in [3.8, 4) is 5.75 Å². The van der Waals surface area contributed by atoms with Crippen molar-refractivity contribution in [1.82, 2.24) is 4.90 Å². The minimum atomic E-state index is -0.597. The van der Waals surface area contributed by atoms with Crippen LogP contribution in [0.3, 0.4) is 0 Å². The molecule has 0 bridgehead atoms. The van der Waals surface area contributed by atoms with Crippen molar-refractivity contribution in [2.45, 2.75) is 19.8 Å². The van der Waals surface area contributed by atoms with Gasteiger partial charge in [-0.05, 0) is 18.9 Å². The van der Waals surface area contributed by atoms with E-state index in [0.29, 0.717) is 25.9 Å². The van der Waals surface area contributed by atoms with Crippen molar-refractivity contribution in [3.05, 3.63) is 28.3 Å². The highest BCUT2D eigenvalue weighted by Crippen LogP contribution is 2.29. The van der Waals surface area contributed by atoms with Crippen LogP contribution < -0.4 is 5.32 Å². The number of benzene rings is 1. The minimum absolute atomic E-state index is 0.0183. The summed E-state index contributed by atoms with van der Waals surface area (Å²) in [5.74, 6) is -0.830. The molecule has 118 valence electrons. The summed E-state index contributed by atoms with van der Waals surface area (Å²) in [5, 5.41) is 22.9. The quantitative estimate of drug-likeness (QED) is 0.499. The molecular formula is C14H17N3O5. The molecule has 1 saturated heterocycles. The van der Waals surface area contributed by atoms with Crippen molar-refractivity contribution in [2.24, 2.45) is 5.92 Å². The highest BCUT2D eigenvalue weighted by atomic mass is 16.6. The van der Waals surface area contributed by atoms with Crippen molar-refractivity contribution < 1.29 is 19.6 Å². The summed E-state index contributed by atoms with van der Waals surface area (Å²) in [5.41, 5.74) is -0.187. The normalized spacial score (nSPS) is 15.4. The van der Waals surface area contributed by atoms with Crippen LogP contribution in [0.15, 0.2) is 18.2 Å². The fraction of sp³-hybridized carbons (Fsp3) is 0.429. The number of nitro benzene ring substituents is 1. The molecule has 0 aliphatic carbocycles. The average Bonchev–Trinajstić information content (AvgIpc) is 2.49. The number of amides is 2. The summed E-state index contributed by atoms with van der Waals surface area (Å²) in [6.07, 6.45) is 1.06. The number of hydrogen-bond acceptors (Lipinski definition) is 5. The highest BCUT2D eigenvalue weighted by Gasteiger charge is 2.26. The van der Waals surface area contributed by atoms with Gasteiger partial charge in [-0.2, -0.15) is 0 Å². The number of phenols is 1. The number of phenolic OH excluding ortho intramolecular Hbond substituents is 1. The first-order chi connectivity index (χ1) is 10.4. The van der Waals surface area contributed by atoms with Crippen LogP contribution in [0.4, 0.5) is 11.4 Å². The Hall–Kier alpha value is -2.64. The zero-order valence-corrected chi connectivity index (χ0v) is 12.1. The van der Waals surface area contributed by atoms with Gasteiger partial charge in [0.15, 0.2) is 0 Å². The van der Waals surface area contributed by atoms with Gasteiger partial charge in [0.25, 0.3) is 5.69 Å². The van der Waals surface area contributed by atoms with Crippen LogP contribution in [0.1, 0.15) is 19.8 Å². The lowest BCUT2D eigenvalue weighted by atomic mass is 9.95. The molecule has 8 heteroatoms. The number of hydrogen-bond donors (Lipinski definition) is 2. The maximum Gasteiger partial charge on any atom is 0.271 e. The van der Waals surface area contributed by atoms with Gasteiger partial charge >= 0.3 is 0 Å². The first-order valence-electron chi connectivity index (χ1n) is 6.92. The largest absolute Gasteiger partial charge is 0.506 e. The molecule has 1 aromatic rings. The zero-order valence-electron chi connectivity index (χ0n) is 12.1. The molecule has 1 aromatic carbocycles. The van der Waals surface area contributed by atoms with Crippen molar-refractivity contribution >= 4 is 23.2 Å². The molecule has 2 N–H and O–H groups in total. The first kappa shape index (κ1) is 15.7. The van der Waals surface area contributed by atoms with Crippen molar-refractivity contribution in [2.75, 3.05) is 18.4 Å². The summed E-state index contributed by atoms with van der Waals surface area (Å²) in [6, 6.07) is 3.46. The first-order valence-corrected chi connectivity index (χ1v) is 6.92. The van der Waals surface area contributed by atoms with Gasteiger partial charge in [0.2, 0.25) is 11.8 Å². The number of likely N-dealkylation sites (tertiary alicyclic amines) is 1. The number of anilines is 1. The van der Waals surface area contributed by atoms with Crippen molar-refractivity contribution in [3.63, 3.8) is 0 Å². The molecule has 0 unspecified atom stereocenters. The molecule has 22 heavy (non-hydrogen) atoms. The van der Waals surface area contributed by atoms with Crippen LogP contribution in [0, 0.1) is 16.0 Å². The number of piperidine rings is 1. The molecule has 0 aromatic heterocycles. The average molecular weight is 307 g/mol. The Kier molecular flexibility index (Phi) is 4.59. The summed E-state index contributed by atoms with van der Waals surface area (Å²) in [7, 11) is 0. The number of carbonyl (C=O) groups is 2. The predicted octanol–water partition coefficient (Wildman–Crippen LogP) is 1.50. The molecule has 1 heterocycles. The van der Waals surface area contributed by atoms with Crippen LogP contribution in [0.2, 0.25) is 0 Å². The predicted molar refractivity (Wildman–Crippen MR) is 78.4 cm³/mol. The SMILES string of the molecule is CC(=O)N1CCC(C(=O)Nc2cc([N+](=O)[O-])ccc2O)CC1. The van der Waals surface area contributed by atoms with E-state index in [9.17, 15) is 24.8 Å². The van der Waals surface area contributed by atoms with E-state index in [1.165, 1.54) is 13.0 Å². The number of nitrogens with one attached hydrogen (secondary N) is 1. The Bertz CT molecular complexity index is 608. The summed E-state index contributed by atoms with van der Waals surface area (Å²) in [6.45, 7) is 2.50. The second-order valence-electron chi connectivity index (χ2n) is 5.23. The molecule has 2 rings (SSSR count). The number of rotatable bonds is 3. The molecule has 1 fully saturated rings. The fourth-order valence-electron chi connectivity index (χ4n) is 2.43. The number of nitro groups is 1. The van der Waals surface area contributed by atoms with Crippen LogP contribution in [0.25, 0.3) is 0 Å². The fourth-order valence-corrected chi connectivity index (χ4v) is 2.43. The standard InChI is InChI=1S/C14H17N3O5/c1-9(18)16-6-4-10(5-7-16)14(20)15-12-8-11(17(21)22)2-3-13(12)19/h2-3,8,10,19H,4-7H2,1H3,(H,15,20). The Labute approximate surface area is 126 Å². The van der Waals surface area contributed by atoms with Crippen molar-refractivity contribution in [1.29, 1.82) is 0 Å². The Morgan fingerprint density at radius 1 is 1.36 bits per heavy atom. The molecule has 0 radical (unpaired) electrons. The van der Waals surface area contributed by atoms with E-state index in [1.54, 1.807) is 4.90 Å². The third-order valence-corrected chi connectivity index (χ3v) is 3.76. The Morgan fingerprint density at radius 3 is 2.55 bits per heavy atom. The highest BCUT2D eigenvalue weighted by molar-refractivity contribution is 5.94. The molecular weight excluding hydrogens is 290 g/mol. The Balaban J connectivity index is 2.02. The van der Waals surface area contributed by atoms with Gasteiger partial charge < -0.3 is 15.3 Å². The number of carbonyl (C=O) groups excluding carboxylic acids is 2. The van der Waals surface area contributed by atoms with Crippen LogP contribution in [0.5, 0.6) is 5.75 Å². The zero-order chi connectivity index (χ0) is 16.3. The minimum Gasteiger partial charge on any atom is -0.506 e. The van der Waals surface area contributed by atoms with Gasteiger partial charge in [0.05, 0.1) is 10.6 Å². The van der Waals surface area contributed by atoms with Gasteiger partial charge in [-0.15, -0.1) is 0 Å². The van der Waals surface area contributed by atoms with E-state index in [1.807, 2.05) is 0 Å². The van der Waals surface area contributed by atoms with Crippen LogP contribution in [-0.2, 0) is 9.59 Å². The molecule has 2 amide bonds. The summed E-state index contributed by atoms with van der Waals surface area (Å²) < 4.78 is 0. The van der Waals surface area contributed by atoms with Gasteiger partial charge in [-0.25, -0.2) is 0 Å². The molecule has 8 nitrogen and oxygen atoms in total. The smallest absolute Gasteiger partial charge is 0.271 e. The topological polar surface area (TPSA) is 113 Å². The van der Waals surface area contributed by atoms with E-state index in [4.69, 9.17) is 0 Å². The number of aromatic hydroxyl groups is 1. The number of nitrogens with zero attached hydrogens (tertiary/aromatic N) is 2. The third-order valence-electron chi connectivity index (χ3n) is 3.76. The lowest BCUT2D eigenvalue weighted by molar-refractivity contribution is -0.384. The van der Waals surface area contributed by atoms with Crippen LogP contribution in [-0.4, -0.2) is 39.8 Å². The van der Waals surface area contributed by atoms with E-state index >= 15 is 0 Å².